The van der Waals surface area contributed by atoms with Crippen LogP contribution in [0.15, 0.2) is 24.3 Å². The molecule has 5 nitrogen and oxygen atoms in total. The van der Waals surface area contributed by atoms with E-state index in [-0.39, 0.29) is 24.0 Å². The van der Waals surface area contributed by atoms with Crippen molar-refractivity contribution >= 4 is 31.3 Å². The van der Waals surface area contributed by atoms with Crippen LogP contribution in [0.25, 0.3) is 0 Å². The molecule has 2 rings (SSSR count). The summed E-state index contributed by atoms with van der Waals surface area (Å²) in [6, 6.07) is 7.16. The molecule has 1 saturated heterocycles. The summed E-state index contributed by atoms with van der Waals surface area (Å²) in [5, 5.41) is 0. The van der Waals surface area contributed by atoms with Crippen LogP contribution in [-0.4, -0.2) is 33.2 Å². The number of anilines is 1. The van der Waals surface area contributed by atoms with E-state index in [1.54, 1.807) is 29.2 Å². The van der Waals surface area contributed by atoms with Gasteiger partial charge in [-0.1, -0.05) is 0 Å². The Labute approximate surface area is 122 Å². The Morgan fingerprint density at radius 1 is 1.35 bits per heavy atom. The Hall–Kier alpha value is -1.27. The van der Waals surface area contributed by atoms with E-state index in [1.165, 1.54) is 0 Å². The molecule has 110 valence electrons. The van der Waals surface area contributed by atoms with Crippen molar-refractivity contribution in [3.63, 3.8) is 0 Å². The van der Waals surface area contributed by atoms with E-state index in [4.69, 9.17) is 15.4 Å². The van der Waals surface area contributed by atoms with Crippen LogP contribution < -0.4 is 9.64 Å². The second-order valence-corrected chi connectivity index (χ2v) is 7.53. The lowest BCUT2D eigenvalue weighted by molar-refractivity contribution is -0.117. The normalized spacial score (nSPS) is 19.4. The number of hydrogen-bond acceptors (Lipinski definition) is 4. The van der Waals surface area contributed by atoms with E-state index < -0.39 is 9.05 Å². The molecule has 1 atom stereocenters. The molecule has 0 aliphatic carbocycles. The molecule has 0 N–H and O–H groups in total. The van der Waals surface area contributed by atoms with E-state index in [1.807, 2.05) is 6.92 Å². The summed E-state index contributed by atoms with van der Waals surface area (Å²) < 4.78 is 27.5. The molecule has 1 aliphatic rings. The fraction of sp³-hybridized carbons (Fsp3) is 0.462. The number of hydrogen-bond donors (Lipinski definition) is 0. The first-order chi connectivity index (χ1) is 9.39. The molecule has 1 heterocycles. The van der Waals surface area contributed by atoms with Crippen molar-refractivity contribution < 1.29 is 17.9 Å². The lowest BCUT2D eigenvalue weighted by atomic mass is 10.1. The van der Waals surface area contributed by atoms with Gasteiger partial charge in [-0.25, -0.2) is 8.42 Å². The molecule has 0 aromatic heterocycles. The standard InChI is InChI=1S/C13H16ClNO4S/c1-2-19-12-5-3-11(4-6-12)15-8-10(7-13(15)16)9-20(14,17)18/h3-6,10H,2,7-9H2,1H3. The number of rotatable bonds is 5. The topological polar surface area (TPSA) is 63.7 Å². The van der Waals surface area contributed by atoms with Gasteiger partial charge >= 0.3 is 0 Å². The average Bonchev–Trinajstić information content (AvgIpc) is 2.69. The zero-order valence-corrected chi connectivity index (χ0v) is 12.7. The molecule has 1 aliphatic heterocycles. The summed E-state index contributed by atoms with van der Waals surface area (Å²) in [7, 11) is 1.66. The second kappa shape index (κ2) is 6.01. The zero-order chi connectivity index (χ0) is 14.8. The molecule has 1 amide bonds. The van der Waals surface area contributed by atoms with E-state index in [2.05, 4.69) is 0 Å². The van der Waals surface area contributed by atoms with Crippen LogP contribution in [0.1, 0.15) is 13.3 Å². The summed E-state index contributed by atoms with van der Waals surface area (Å²) in [6.45, 7) is 2.85. The summed E-state index contributed by atoms with van der Waals surface area (Å²) >= 11 is 0. The minimum Gasteiger partial charge on any atom is -0.494 e. The number of benzene rings is 1. The number of ether oxygens (including phenoxy) is 1. The maximum absolute atomic E-state index is 11.9. The van der Waals surface area contributed by atoms with Crippen molar-refractivity contribution in [3.05, 3.63) is 24.3 Å². The highest BCUT2D eigenvalue weighted by molar-refractivity contribution is 8.13. The molecule has 7 heteroatoms. The molecular formula is C13H16ClNO4S. The van der Waals surface area contributed by atoms with Gasteiger partial charge in [0.2, 0.25) is 15.0 Å². The Balaban J connectivity index is 2.07. The Morgan fingerprint density at radius 2 is 2.00 bits per heavy atom. The maximum atomic E-state index is 11.9. The smallest absolute Gasteiger partial charge is 0.232 e. The minimum atomic E-state index is -3.58. The predicted octanol–water partition coefficient (Wildman–Crippen LogP) is 2.01. The summed E-state index contributed by atoms with van der Waals surface area (Å²) in [4.78, 5) is 13.5. The minimum absolute atomic E-state index is 0.0838. The molecule has 1 unspecified atom stereocenters. The molecule has 0 spiro atoms. The number of carbonyl (C=O) groups excluding carboxylic acids is 1. The van der Waals surface area contributed by atoms with Gasteiger partial charge in [-0.15, -0.1) is 0 Å². The van der Waals surface area contributed by atoms with Gasteiger partial charge in [0.15, 0.2) is 0 Å². The third-order valence-corrected chi connectivity index (χ3v) is 4.35. The molecule has 0 radical (unpaired) electrons. The Kier molecular flexibility index (Phi) is 4.55. The fourth-order valence-corrected chi connectivity index (χ4v) is 3.63. The first-order valence-corrected chi connectivity index (χ1v) is 8.82. The largest absolute Gasteiger partial charge is 0.494 e. The van der Waals surface area contributed by atoms with Crippen LogP contribution in [0.3, 0.4) is 0 Å². The number of halogens is 1. The SMILES string of the molecule is CCOc1ccc(N2CC(CS(=O)(=O)Cl)CC2=O)cc1. The third kappa shape index (κ3) is 3.86. The third-order valence-electron chi connectivity index (χ3n) is 3.10. The lowest BCUT2D eigenvalue weighted by Crippen LogP contribution is -2.25. The van der Waals surface area contributed by atoms with Crippen molar-refractivity contribution in [1.82, 2.24) is 0 Å². The van der Waals surface area contributed by atoms with Gasteiger partial charge in [-0.2, -0.15) is 0 Å². The maximum Gasteiger partial charge on any atom is 0.232 e. The van der Waals surface area contributed by atoms with Crippen molar-refractivity contribution in [2.75, 3.05) is 23.8 Å². The van der Waals surface area contributed by atoms with Gasteiger partial charge in [0, 0.05) is 35.3 Å². The first kappa shape index (κ1) is 15.1. The van der Waals surface area contributed by atoms with E-state index in [0.717, 1.165) is 11.4 Å². The van der Waals surface area contributed by atoms with Crippen LogP contribution >= 0.6 is 10.7 Å². The summed E-state index contributed by atoms with van der Waals surface area (Å²) in [5.41, 5.74) is 0.743. The highest BCUT2D eigenvalue weighted by atomic mass is 35.7. The van der Waals surface area contributed by atoms with Gasteiger partial charge in [-0.05, 0) is 31.2 Å². The second-order valence-electron chi connectivity index (χ2n) is 4.71. The van der Waals surface area contributed by atoms with Gasteiger partial charge in [0.1, 0.15) is 5.75 Å². The van der Waals surface area contributed by atoms with Crippen molar-refractivity contribution in [3.8, 4) is 5.75 Å². The van der Waals surface area contributed by atoms with Crippen LogP contribution in [0.5, 0.6) is 5.75 Å². The quantitative estimate of drug-likeness (QED) is 0.779. The van der Waals surface area contributed by atoms with Gasteiger partial charge < -0.3 is 9.64 Å². The van der Waals surface area contributed by atoms with Gasteiger partial charge in [0.05, 0.1) is 12.4 Å². The first-order valence-electron chi connectivity index (χ1n) is 6.34. The van der Waals surface area contributed by atoms with E-state index in [0.29, 0.717) is 13.2 Å². The number of carbonyl (C=O) groups is 1. The Morgan fingerprint density at radius 3 is 2.55 bits per heavy atom. The number of nitrogens with zero attached hydrogens (tertiary/aromatic N) is 1. The molecule has 20 heavy (non-hydrogen) atoms. The van der Waals surface area contributed by atoms with Gasteiger partial charge in [0.25, 0.3) is 0 Å². The van der Waals surface area contributed by atoms with Crippen molar-refractivity contribution in [1.29, 1.82) is 0 Å². The van der Waals surface area contributed by atoms with Gasteiger partial charge in [-0.3, -0.25) is 4.79 Å². The van der Waals surface area contributed by atoms with E-state index in [9.17, 15) is 13.2 Å². The van der Waals surface area contributed by atoms with E-state index >= 15 is 0 Å². The summed E-state index contributed by atoms with van der Waals surface area (Å²) in [6.07, 6.45) is 0.208. The predicted molar refractivity (Wildman–Crippen MR) is 77.7 cm³/mol. The lowest BCUT2D eigenvalue weighted by Gasteiger charge is -2.17. The highest BCUT2D eigenvalue weighted by Crippen LogP contribution is 2.28. The molecule has 0 saturated carbocycles. The Bertz CT molecular complexity index is 585. The molecular weight excluding hydrogens is 302 g/mol. The van der Waals surface area contributed by atoms with Crippen molar-refractivity contribution in [2.24, 2.45) is 5.92 Å². The molecule has 1 aromatic carbocycles. The molecule has 1 aromatic rings. The summed E-state index contributed by atoms with van der Waals surface area (Å²) in [5.74, 6) is 0.229. The number of amides is 1. The monoisotopic (exact) mass is 317 g/mol. The highest BCUT2D eigenvalue weighted by Gasteiger charge is 2.33. The van der Waals surface area contributed by atoms with Crippen LogP contribution in [0.4, 0.5) is 5.69 Å². The zero-order valence-electron chi connectivity index (χ0n) is 11.1. The van der Waals surface area contributed by atoms with Crippen molar-refractivity contribution in [2.45, 2.75) is 13.3 Å². The molecule has 1 fully saturated rings. The fourth-order valence-electron chi connectivity index (χ4n) is 2.31. The van der Waals surface area contributed by atoms with Crippen LogP contribution in [0.2, 0.25) is 0 Å². The average molecular weight is 318 g/mol. The van der Waals surface area contributed by atoms with Crippen LogP contribution in [0, 0.1) is 5.92 Å². The van der Waals surface area contributed by atoms with Crippen LogP contribution in [-0.2, 0) is 13.8 Å². The molecule has 0 bridgehead atoms.